The SMILES string of the molecule is CS(=O)(=O)Nc1ccc(Cl)cc1C(=O)N1CCCC[C@H]1c1cc2nc(Cl)cc(N3C[C@H]4C[C@@H]3CN4)n2n1. The van der Waals surface area contributed by atoms with Gasteiger partial charge in [0.1, 0.15) is 11.0 Å². The van der Waals surface area contributed by atoms with Gasteiger partial charge in [-0.05, 0) is 43.9 Å². The molecule has 0 aliphatic carbocycles. The van der Waals surface area contributed by atoms with Crippen LogP contribution >= 0.6 is 23.2 Å². The number of aromatic nitrogens is 3. The van der Waals surface area contributed by atoms with E-state index < -0.39 is 10.0 Å². The van der Waals surface area contributed by atoms with Gasteiger partial charge in [-0.2, -0.15) is 9.61 Å². The molecule has 3 fully saturated rings. The summed E-state index contributed by atoms with van der Waals surface area (Å²) in [4.78, 5) is 22.4. The molecule has 37 heavy (non-hydrogen) atoms. The number of nitrogens with zero attached hydrogens (tertiary/aromatic N) is 5. The van der Waals surface area contributed by atoms with Crippen LogP contribution in [-0.4, -0.2) is 71.8 Å². The first-order chi connectivity index (χ1) is 17.7. The smallest absolute Gasteiger partial charge is 0.256 e. The molecule has 5 heterocycles. The van der Waals surface area contributed by atoms with Gasteiger partial charge in [-0.15, -0.1) is 0 Å². The second kappa shape index (κ2) is 9.30. The normalized spacial score (nSPS) is 23.7. The molecule has 3 aromatic rings. The fourth-order valence-electron chi connectivity index (χ4n) is 5.77. The first-order valence-corrected chi connectivity index (χ1v) is 15.0. The minimum absolute atomic E-state index is 0.199. The molecule has 3 saturated heterocycles. The Kier molecular flexibility index (Phi) is 6.21. The van der Waals surface area contributed by atoms with Crippen molar-refractivity contribution in [1.82, 2.24) is 24.8 Å². The van der Waals surface area contributed by atoms with E-state index >= 15 is 0 Å². The van der Waals surface area contributed by atoms with Gasteiger partial charge in [-0.3, -0.25) is 9.52 Å². The van der Waals surface area contributed by atoms with Crippen LogP contribution in [0.15, 0.2) is 30.3 Å². The van der Waals surface area contributed by atoms with Crippen LogP contribution in [0.5, 0.6) is 0 Å². The molecule has 3 atom stereocenters. The van der Waals surface area contributed by atoms with Crippen LogP contribution in [0.2, 0.25) is 10.2 Å². The van der Waals surface area contributed by atoms with Crippen LogP contribution in [0, 0.1) is 0 Å². The Balaban J connectivity index is 1.37. The number of carbonyl (C=O) groups excluding carboxylic acids is 1. The van der Waals surface area contributed by atoms with Crippen molar-refractivity contribution in [3.05, 3.63) is 51.8 Å². The molecule has 1 amide bonds. The molecule has 3 aliphatic heterocycles. The van der Waals surface area contributed by atoms with Crippen molar-refractivity contribution in [3.63, 3.8) is 0 Å². The number of halogens is 2. The molecule has 2 N–H and O–H groups in total. The van der Waals surface area contributed by atoms with Gasteiger partial charge in [-0.1, -0.05) is 23.2 Å². The quantitative estimate of drug-likeness (QED) is 0.458. The Morgan fingerprint density at radius 3 is 2.76 bits per heavy atom. The van der Waals surface area contributed by atoms with Crippen molar-refractivity contribution in [2.45, 2.75) is 43.8 Å². The van der Waals surface area contributed by atoms with Gasteiger partial charge >= 0.3 is 0 Å². The van der Waals surface area contributed by atoms with Crippen LogP contribution in [0.1, 0.15) is 47.8 Å². The summed E-state index contributed by atoms with van der Waals surface area (Å²) < 4.78 is 28.1. The minimum Gasteiger partial charge on any atom is -0.351 e. The van der Waals surface area contributed by atoms with Crippen LogP contribution in [0.3, 0.4) is 0 Å². The molecule has 10 nitrogen and oxygen atoms in total. The number of nitrogens with one attached hydrogen (secondary N) is 2. The largest absolute Gasteiger partial charge is 0.351 e. The van der Waals surface area contributed by atoms with Gasteiger partial charge in [0.25, 0.3) is 5.91 Å². The molecule has 2 bridgehead atoms. The molecule has 0 spiro atoms. The number of likely N-dealkylation sites (tertiary alicyclic amines) is 1. The summed E-state index contributed by atoms with van der Waals surface area (Å²) in [7, 11) is -3.59. The fourth-order valence-corrected chi connectivity index (χ4v) is 6.71. The van der Waals surface area contributed by atoms with Crippen molar-refractivity contribution in [2.24, 2.45) is 0 Å². The summed E-state index contributed by atoms with van der Waals surface area (Å²) in [5, 5.41) is 9.20. The highest BCUT2D eigenvalue weighted by atomic mass is 35.5. The van der Waals surface area contributed by atoms with E-state index in [1.165, 1.54) is 12.1 Å². The zero-order chi connectivity index (χ0) is 25.9. The number of benzene rings is 1. The molecule has 3 aliphatic rings. The average Bonchev–Trinajstić information content (AvgIpc) is 3.59. The molecular weight excluding hydrogens is 537 g/mol. The Labute approximate surface area is 225 Å². The minimum atomic E-state index is -3.59. The van der Waals surface area contributed by atoms with Crippen molar-refractivity contribution >= 4 is 56.3 Å². The number of anilines is 2. The second-order valence-corrected chi connectivity index (χ2v) is 12.6. The van der Waals surface area contributed by atoms with Gasteiger partial charge in [0.05, 0.1) is 29.2 Å². The van der Waals surface area contributed by atoms with Gasteiger partial charge in [-0.25, -0.2) is 13.4 Å². The number of piperidine rings is 1. The topological polar surface area (TPSA) is 112 Å². The van der Waals surface area contributed by atoms with Gasteiger partial charge in [0.2, 0.25) is 10.0 Å². The van der Waals surface area contributed by atoms with Gasteiger partial charge in [0, 0.05) is 48.9 Å². The van der Waals surface area contributed by atoms with Crippen molar-refractivity contribution < 1.29 is 13.2 Å². The highest BCUT2D eigenvalue weighted by Gasteiger charge is 2.39. The monoisotopic (exact) mass is 563 g/mol. The van der Waals surface area contributed by atoms with E-state index in [-0.39, 0.29) is 23.2 Å². The van der Waals surface area contributed by atoms with E-state index in [9.17, 15) is 13.2 Å². The van der Waals surface area contributed by atoms with E-state index in [0.29, 0.717) is 34.5 Å². The fraction of sp³-hybridized carbons (Fsp3) is 0.458. The molecule has 6 rings (SSSR count). The summed E-state index contributed by atoms with van der Waals surface area (Å²) in [5.41, 5.74) is 1.76. The van der Waals surface area contributed by atoms with Crippen molar-refractivity contribution in [1.29, 1.82) is 0 Å². The lowest BCUT2D eigenvalue weighted by Gasteiger charge is -2.35. The zero-order valence-corrected chi connectivity index (χ0v) is 22.5. The van der Waals surface area contributed by atoms with Crippen LogP contribution in [-0.2, 0) is 10.0 Å². The lowest BCUT2D eigenvalue weighted by Crippen LogP contribution is -2.44. The summed E-state index contributed by atoms with van der Waals surface area (Å²) in [6.45, 7) is 2.33. The van der Waals surface area contributed by atoms with E-state index in [0.717, 1.165) is 56.5 Å². The highest BCUT2D eigenvalue weighted by Crippen LogP contribution is 2.36. The lowest BCUT2D eigenvalue weighted by atomic mass is 9.98. The molecule has 196 valence electrons. The predicted molar refractivity (Wildman–Crippen MR) is 143 cm³/mol. The number of amides is 1. The standard InChI is InChI=1S/C24H27Cl2N7O3S/c1-37(35,36)30-18-6-5-14(25)8-17(18)24(34)31-7-3-2-4-20(31)19-10-22-28-21(26)11-23(33(22)29-19)32-13-15-9-16(32)12-27-15/h5-6,8,10-11,15-16,20,27,30H,2-4,7,9,12-13H2,1H3/t15-,16-,20+/m1/s1. The summed E-state index contributed by atoms with van der Waals surface area (Å²) in [5.74, 6) is 0.600. The third-order valence-electron chi connectivity index (χ3n) is 7.36. The Hall–Kier alpha value is -2.60. The van der Waals surface area contributed by atoms with Crippen LogP contribution < -0.4 is 14.9 Å². The first-order valence-electron chi connectivity index (χ1n) is 12.3. The Morgan fingerprint density at radius 2 is 2.03 bits per heavy atom. The molecule has 13 heteroatoms. The van der Waals surface area contributed by atoms with Crippen LogP contribution in [0.25, 0.3) is 5.65 Å². The molecule has 0 saturated carbocycles. The van der Waals surface area contributed by atoms with E-state index in [1.54, 1.807) is 11.0 Å². The van der Waals surface area contributed by atoms with E-state index in [2.05, 4.69) is 19.9 Å². The highest BCUT2D eigenvalue weighted by molar-refractivity contribution is 7.92. The molecule has 2 aromatic heterocycles. The third kappa shape index (κ3) is 4.73. The number of hydrogen-bond acceptors (Lipinski definition) is 7. The molecule has 0 radical (unpaired) electrons. The van der Waals surface area contributed by atoms with Crippen molar-refractivity contribution in [3.8, 4) is 0 Å². The summed E-state index contributed by atoms with van der Waals surface area (Å²) in [6, 6.07) is 8.86. The number of carbonyl (C=O) groups is 1. The summed E-state index contributed by atoms with van der Waals surface area (Å²) in [6.07, 6.45) is 4.64. The predicted octanol–water partition coefficient (Wildman–Crippen LogP) is 3.33. The number of piperazine rings is 1. The molecule has 0 unspecified atom stereocenters. The number of hydrogen-bond donors (Lipinski definition) is 2. The Morgan fingerprint density at radius 1 is 1.19 bits per heavy atom. The maximum atomic E-state index is 13.8. The first kappa shape index (κ1) is 24.7. The van der Waals surface area contributed by atoms with E-state index in [1.807, 2.05) is 16.6 Å². The van der Waals surface area contributed by atoms with Crippen molar-refractivity contribution in [2.75, 3.05) is 35.5 Å². The molecule has 1 aromatic carbocycles. The average molecular weight is 564 g/mol. The second-order valence-electron chi connectivity index (χ2n) is 10.00. The number of rotatable bonds is 5. The molecular formula is C24H27Cl2N7O3S. The maximum Gasteiger partial charge on any atom is 0.256 e. The third-order valence-corrected chi connectivity index (χ3v) is 8.38. The van der Waals surface area contributed by atoms with Gasteiger partial charge in [0.15, 0.2) is 5.65 Å². The lowest BCUT2D eigenvalue weighted by molar-refractivity contribution is 0.0607. The number of fused-ring (bicyclic) bond motifs is 3. The summed E-state index contributed by atoms with van der Waals surface area (Å²) >= 11 is 12.6. The Bertz CT molecular complexity index is 1490. The van der Waals surface area contributed by atoms with E-state index in [4.69, 9.17) is 28.3 Å². The van der Waals surface area contributed by atoms with Crippen LogP contribution in [0.4, 0.5) is 11.5 Å². The zero-order valence-electron chi connectivity index (χ0n) is 20.2. The maximum absolute atomic E-state index is 13.8. The number of sulfonamides is 1. The van der Waals surface area contributed by atoms with Gasteiger partial charge < -0.3 is 15.1 Å².